The van der Waals surface area contributed by atoms with Crippen LogP contribution in [0, 0.1) is 3.57 Å². The summed E-state index contributed by atoms with van der Waals surface area (Å²) in [6, 6.07) is 50.0. The van der Waals surface area contributed by atoms with E-state index in [0.29, 0.717) is 0 Å². The Kier molecular flexibility index (Phi) is 7.79. The van der Waals surface area contributed by atoms with Gasteiger partial charge < -0.3 is 9.57 Å². The van der Waals surface area contributed by atoms with Gasteiger partial charge in [-0.15, -0.1) is 0 Å². The zero-order valence-corrected chi connectivity index (χ0v) is 29.3. The second-order valence-electron chi connectivity index (χ2n) is 12.1. The van der Waals surface area contributed by atoms with E-state index in [9.17, 15) is 0 Å². The number of hydrogen-bond donors (Lipinski definition) is 0. The van der Waals surface area contributed by atoms with E-state index in [1.807, 2.05) is 6.20 Å². The average molecular weight is 738 g/mol. The number of para-hydroxylation sites is 1. The van der Waals surface area contributed by atoms with Gasteiger partial charge in [-0.1, -0.05) is 103 Å². The second-order valence-corrected chi connectivity index (χ2v) is 15.1. The van der Waals surface area contributed by atoms with Crippen LogP contribution in [-0.2, 0) is 5.54 Å². The zero-order chi connectivity index (χ0) is 32.0. The van der Waals surface area contributed by atoms with Gasteiger partial charge in [0.1, 0.15) is 0 Å². The van der Waals surface area contributed by atoms with Crippen LogP contribution in [0.3, 0.4) is 0 Å². The highest BCUT2D eigenvalue weighted by molar-refractivity contribution is 14.1. The Bertz CT molecular complexity index is 2150. The first-order valence-electron chi connectivity index (χ1n) is 15.8. The molecule has 0 spiro atoms. The van der Waals surface area contributed by atoms with E-state index >= 15 is 0 Å². The van der Waals surface area contributed by atoms with Crippen LogP contribution in [0.4, 0.5) is 17.1 Å². The lowest BCUT2D eigenvalue weighted by Gasteiger charge is -2.46. The average Bonchev–Trinajstić information content (AvgIpc) is 3.14. The third-order valence-electron chi connectivity index (χ3n) is 9.24. The number of nitrogens with zero attached hydrogens (tertiary/aromatic N) is 3. The van der Waals surface area contributed by atoms with Gasteiger partial charge in [0.2, 0.25) is 0 Å². The Labute approximate surface area is 291 Å². The summed E-state index contributed by atoms with van der Waals surface area (Å²) < 4.78 is 3.85. The standard InChI is InChI=1S/C42H33IN3P/c1-42-29-33(31-16-8-4-9-17-31)25-27-45(42)47(2)41-35(37-28-32(24-26-44-37)30-14-6-3-7-15-30)20-12-23-39(41)46(34-18-10-5-11-19-34)38-22-13-21-36(42)40(38)43/h3-29H,1-2H3. The number of hydrogen-bond acceptors (Lipinski definition) is 3. The highest BCUT2D eigenvalue weighted by Crippen LogP contribution is 2.56. The van der Waals surface area contributed by atoms with Crippen LogP contribution in [0.25, 0.3) is 28.0 Å². The summed E-state index contributed by atoms with van der Waals surface area (Å²) in [4.78, 5) is 7.47. The molecular weight excluding hydrogens is 704 g/mol. The minimum Gasteiger partial charge on any atom is -0.340 e. The third-order valence-corrected chi connectivity index (χ3v) is 12.7. The van der Waals surface area contributed by atoms with E-state index < -0.39 is 13.6 Å². The highest BCUT2D eigenvalue weighted by Gasteiger charge is 2.41. The number of rotatable bonds is 4. The molecule has 2 aliphatic rings. The van der Waals surface area contributed by atoms with E-state index in [0.717, 1.165) is 22.5 Å². The maximum atomic E-state index is 5.01. The molecule has 5 heteroatoms. The minimum atomic E-state index is -0.908. The maximum Gasteiger partial charge on any atom is 0.0861 e. The fourth-order valence-electron chi connectivity index (χ4n) is 6.97. The van der Waals surface area contributed by atoms with E-state index in [2.05, 4.69) is 204 Å². The lowest BCUT2D eigenvalue weighted by Crippen LogP contribution is -2.39. The fourth-order valence-corrected chi connectivity index (χ4v) is 10.4. The molecule has 0 fully saturated rings. The molecule has 0 saturated carbocycles. The first-order chi connectivity index (χ1) is 23.0. The third kappa shape index (κ3) is 5.21. The molecule has 0 N–H and O–H groups in total. The molecule has 0 amide bonds. The van der Waals surface area contributed by atoms with Crippen LogP contribution >= 0.6 is 30.7 Å². The fraction of sp³-hybridized carbons (Fsp3) is 0.0714. The Morgan fingerprint density at radius 2 is 1.34 bits per heavy atom. The van der Waals surface area contributed by atoms with E-state index in [1.54, 1.807) is 0 Å². The number of aromatic nitrogens is 1. The van der Waals surface area contributed by atoms with Gasteiger partial charge in [-0.25, -0.2) is 0 Å². The summed E-state index contributed by atoms with van der Waals surface area (Å²) in [6.45, 7) is 4.79. The van der Waals surface area contributed by atoms with Crippen LogP contribution in [0.5, 0.6) is 0 Å². The zero-order valence-electron chi connectivity index (χ0n) is 26.3. The quantitative estimate of drug-likeness (QED) is 0.133. The van der Waals surface area contributed by atoms with E-state index in [-0.39, 0.29) is 0 Å². The highest BCUT2D eigenvalue weighted by atomic mass is 127. The van der Waals surface area contributed by atoms with Gasteiger partial charge in [0.05, 0.1) is 22.6 Å². The van der Waals surface area contributed by atoms with Gasteiger partial charge in [-0.3, -0.25) is 4.98 Å². The lowest BCUT2D eigenvalue weighted by molar-refractivity contribution is 0.360. The van der Waals surface area contributed by atoms with Crippen molar-refractivity contribution in [2.75, 3.05) is 11.6 Å². The molecule has 2 aliphatic heterocycles. The monoisotopic (exact) mass is 737 g/mol. The van der Waals surface area contributed by atoms with Crippen molar-refractivity contribution in [3.8, 4) is 22.4 Å². The summed E-state index contributed by atoms with van der Waals surface area (Å²) in [7, 11) is -0.908. The minimum absolute atomic E-state index is 0.399. The predicted molar refractivity (Wildman–Crippen MR) is 208 cm³/mol. The van der Waals surface area contributed by atoms with Crippen LogP contribution in [0.2, 0.25) is 0 Å². The molecule has 8 rings (SSSR count). The van der Waals surface area contributed by atoms with Gasteiger partial charge in [0, 0.05) is 40.6 Å². The Morgan fingerprint density at radius 1 is 0.681 bits per heavy atom. The molecule has 0 saturated heterocycles. The van der Waals surface area contributed by atoms with Crippen molar-refractivity contribution in [1.29, 1.82) is 0 Å². The first-order valence-corrected chi connectivity index (χ1v) is 18.6. The molecule has 1 aromatic heterocycles. The second kappa shape index (κ2) is 12.3. The van der Waals surface area contributed by atoms with Crippen molar-refractivity contribution < 1.29 is 0 Å². The summed E-state index contributed by atoms with van der Waals surface area (Å²) in [5.41, 5.74) is 11.3. The maximum absolute atomic E-state index is 5.01. The smallest absolute Gasteiger partial charge is 0.0861 e. The number of benzene rings is 5. The van der Waals surface area contributed by atoms with Gasteiger partial charge in [-0.2, -0.15) is 0 Å². The van der Waals surface area contributed by atoms with Gasteiger partial charge in [-0.05, 0) is 113 Å². The lowest BCUT2D eigenvalue weighted by atomic mass is 9.86. The van der Waals surface area contributed by atoms with Crippen molar-refractivity contribution in [1.82, 2.24) is 9.65 Å². The topological polar surface area (TPSA) is 19.4 Å². The molecule has 0 radical (unpaired) electrons. The van der Waals surface area contributed by atoms with Crippen LogP contribution in [-0.4, -0.2) is 16.3 Å². The summed E-state index contributed by atoms with van der Waals surface area (Å²) in [5.74, 6) is 0. The van der Waals surface area contributed by atoms with Crippen molar-refractivity contribution in [3.05, 3.63) is 179 Å². The SMILES string of the molecule is CP1c2c(-c3cc(-c4ccccc4)ccn3)cccc2N(c2ccccc2)c2cccc(c2I)C2(C)C=C(c3ccccc3)C=CN12. The summed E-state index contributed by atoms with van der Waals surface area (Å²) >= 11 is 2.59. The van der Waals surface area contributed by atoms with Gasteiger partial charge in [0.15, 0.2) is 0 Å². The largest absolute Gasteiger partial charge is 0.340 e. The summed E-state index contributed by atoms with van der Waals surface area (Å²) in [6.07, 6.45) is 9.04. The first kappa shape index (κ1) is 29.9. The molecule has 2 bridgehead atoms. The van der Waals surface area contributed by atoms with E-state index in [4.69, 9.17) is 4.98 Å². The number of anilines is 3. The van der Waals surface area contributed by atoms with Crippen molar-refractivity contribution >= 4 is 58.6 Å². The molecule has 3 heterocycles. The molecule has 6 aromatic rings. The van der Waals surface area contributed by atoms with Crippen LogP contribution < -0.4 is 10.2 Å². The van der Waals surface area contributed by atoms with Crippen LogP contribution in [0.15, 0.2) is 164 Å². The summed E-state index contributed by atoms with van der Waals surface area (Å²) in [5, 5.41) is 1.30. The van der Waals surface area contributed by atoms with Gasteiger partial charge >= 0.3 is 0 Å². The molecule has 47 heavy (non-hydrogen) atoms. The van der Waals surface area contributed by atoms with Gasteiger partial charge in [0.25, 0.3) is 0 Å². The normalized spacial score (nSPS) is 18.4. The molecule has 5 aromatic carbocycles. The van der Waals surface area contributed by atoms with Crippen molar-refractivity contribution in [2.45, 2.75) is 12.5 Å². The Hall–Kier alpha value is -4.51. The predicted octanol–water partition coefficient (Wildman–Crippen LogP) is 11.3. The van der Waals surface area contributed by atoms with E-state index in [1.165, 1.54) is 42.5 Å². The van der Waals surface area contributed by atoms with Crippen LogP contribution in [0.1, 0.15) is 18.1 Å². The molecule has 0 aliphatic carbocycles. The van der Waals surface area contributed by atoms with Crippen molar-refractivity contribution in [2.24, 2.45) is 0 Å². The van der Waals surface area contributed by atoms with Crippen molar-refractivity contribution in [3.63, 3.8) is 0 Å². The number of pyridine rings is 1. The Balaban J connectivity index is 1.41. The molecular formula is C42H33IN3P. The Morgan fingerprint density at radius 3 is 2.09 bits per heavy atom. The number of fused-ring (bicyclic) bond motifs is 5. The molecule has 2 unspecified atom stereocenters. The molecule has 228 valence electrons. The number of halogens is 1. The molecule has 2 atom stereocenters. The number of allylic oxidation sites excluding steroid dienone is 2. The molecule has 3 nitrogen and oxygen atoms in total.